The number of nitrogens with one attached hydrogen (secondary N) is 2. The van der Waals surface area contributed by atoms with Crippen molar-refractivity contribution in [3.63, 3.8) is 0 Å². The number of carbonyl (C=O) groups is 1. The highest BCUT2D eigenvalue weighted by Crippen LogP contribution is 2.32. The summed E-state index contributed by atoms with van der Waals surface area (Å²) in [4.78, 5) is 21.4. The van der Waals surface area contributed by atoms with E-state index in [-0.39, 0.29) is 24.7 Å². The average molecular weight is 469 g/mol. The fourth-order valence-electron chi connectivity index (χ4n) is 4.43. The van der Waals surface area contributed by atoms with E-state index in [9.17, 15) is 13.6 Å². The van der Waals surface area contributed by atoms with Gasteiger partial charge in [0.2, 0.25) is 5.91 Å². The van der Waals surface area contributed by atoms with Gasteiger partial charge in [0.25, 0.3) is 6.43 Å². The van der Waals surface area contributed by atoms with Gasteiger partial charge in [-0.1, -0.05) is 6.07 Å². The Morgan fingerprint density at radius 2 is 2.18 bits per heavy atom. The summed E-state index contributed by atoms with van der Waals surface area (Å²) in [5, 5.41) is 10.4. The highest BCUT2D eigenvalue weighted by atomic mass is 19.3. The van der Waals surface area contributed by atoms with E-state index in [1.807, 2.05) is 24.3 Å². The molecular weight excluding hydrogens is 444 g/mol. The predicted octanol–water partition coefficient (Wildman–Crippen LogP) is 3.05. The summed E-state index contributed by atoms with van der Waals surface area (Å²) in [5.74, 6) is 0.395. The number of nitrogens with two attached hydrogens (primary N) is 1. The lowest BCUT2D eigenvalue weighted by molar-refractivity contribution is -0.135. The molecule has 5 rings (SSSR count). The van der Waals surface area contributed by atoms with Crippen LogP contribution in [-0.4, -0.2) is 56.3 Å². The molecule has 1 amide bonds. The van der Waals surface area contributed by atoms with Crippen molar-refractivity contribution in [1.82, 2.24) is 30.0 Å². The van der Waals surface area contributed by atoms with Crippen molar-refractivity contribution in [2.45, 2.75) is 44.8 Å². The van der Waals surface area contributed by atoms with Crippen molar-refractivity contribution < 1.29 is 18.3 Å². The van der Waals surface area contributed by atoms with E-state index < -0.39 is 19.1 Å². The Morgan fingerprint density at radius 3 is 2.91 bits per heavy atom. The Hall–Kier alpha value is -3.60. The van der Waals surface area contributed by atoms with Gasteiger partial charge in [-0.3, -0.25) is 9.89 Å². The lowest BCUT2D eigenvalue weighted by Crippen LogP contribution is -2.39. The van der Waals surface area contributed by atoms with Gasteiger partial charge < -0.3 is 20.4 Å². The van der Waals surface area contributed by atoms with E-state index >= 15 is 0 Å². The molecule has 0 aliphatic carbocycles. The number of amides is 1. The van der Waals surface area contributed by atoms with Crippen molar-refractivity contribution in [3.8, 4) is 11.3 Å². The molecule has 1 unspecified atom stereocenters. The fourth-order valence-corrected chi connectivity index (χ4v) is 4.43. The zero-order valence-electron chi connectivity index (χ0n) is 18.4. The third kappa shape index (κ3) is 4.30. The van der Waals surface area contributed by atoms with Crippen LogP contribution in [0.2, 0.25) is 0 Å². The minimum Gasteiger partial charge on any atom is -0.382 e. The Labute approximate surface area is 193 Å². The molecule has 0 saturated carbocycles. The number of imidazole rings is 1. The average Bonchev–Trinajstić information content (AvgIpc) is 3.49. The van der Waals surface area contributed by atoms with Crippen LogP contribution in [0.5, 0.6) is 0 Å². The number of halogens is 2. The topological polar surface area (TPSA) is 124 Å². The number of carbonyl (C=O) groups excluding carboxylic acids is 1. The van der Waals surface area contributed by atoms with Crippen LogP contribution in [0, 0.1) is 0 Å². The number of aromatic amines is 1. The molecule has 0 radical (unpaired) electrons. The SMILES string of the molecule is Nc1nc2cc(-c3ccn[nH]3)ccc2c2c1nc(CCNC(=O)C1CCCCO1)n2CC(F)F. The first-order valence-electron chi connectivity index (χ1n) is 11.3. The van der Waals surface area contributed by atoms with E-state index in [0.717, 1.165) is 24.1 Å². The quantitative estimate of drug-likeness (QED) is 0.382. The number of aromatic nitrogens is 5. The molecular formula is C23H25F2N7O2. The molecule has 178 valence electrons. The number of nitrogen functional groups attached to an aromatic ring is 1. The second-order valence-corrected chi connectivity index (χ2v) is 8.32. The molecule has 3 aromatic heterocycles. The normalized spacial score (nSPS) is 16.5. The van der Waals surface area contributed by atoms with Gasteiger partial charge in [0.1, 0.15) is 17.4 Å². The second-order valence-electron chi connectivity index (χ2n) is 8.32. The van der Waals surface area contributed by atoms with Crippen LogP contribution in [0.1, 0.15) is 25.1 Å². The van der Waals surface area contributed by atoms with Gasteiger partial charge in [-0.05, 0) is 37.5 Å². The number of benzene rings is 1. The van der Waals surface area contributed by atoms with Crippen molar-refractivity contribution in [3.05, 3.63) is 36.3 Å². The summed E-state index contributed by atoms with van der Waals surface area (Å²) in [6, 6.07) is 7.37. The number of nitrogens with zero attached hydrogens (tertiary/aromatic N) is 4. The summed E-state index contributed by atoms with van der Waals surface area (Å²) in [7, 11) is 0. The first-order valence-corrected chi connectivity index (χ1v) is 11.3. The molecule has 9 nitrogen and oxygen atoms in total. The van der Waals surface area contributed by atoms with Crippen LogP contribution in [0.3, 0.4) is 0 Å². The zero-order chi connectivity index (χ0) is 23.7. The van der Waals surface area contributed by atoms with Crippen LogP contribution in [0.4, 0.5) is 14.6 Å². The minimum atomic E-state index is -2.59. The number of H-pyrrole nitrogens is 1. The maximum absolute atomic E-state index is 13.6. The Bertz CT molecular complexity index is 1310. The molecule has 1 saturated heterocycles. The zero-order valence-corrected chi connectivity index (χ0v) is 18.4. The minimum absolute atomic E-state index is 0.165. The Balaban J connectivity index is 1.48. The number of hydrogen-bond donors (Lipinski definition) is 3. The largest absolute Gasteiger partial charge is 0.382 e. The van der Waals surface area contributed by atoms with Crippen LogP contribution >= 0.6 is 0 Å². The second kappa shape index (κ2) is 9.34. The molecule has 1 atom stereocenters. The number of ether oxygens (including phenoxy) is 1. The first-order chi connectivity index (χ1) is 16.5. The van der Waals surface area contributed by atoms with E-state index in [1.165, 1.54) is 4.57 Å². The van der Waals surface area contributed by atoms with Crippen LogP contribution in [-0.2, 0) is 22.5 Å². The molecule has 1 aliphatic rings. The van der Waals surface area contributed by atoms with Crippen molar-refractivity contribution in [2.75, 3.05) is 18.9 Å². The molecule has 4 aromatic rings. The van der Waals surface area contributed by atoms with Gasteiger partial charge in [0.05, 0.1) is 23.3 Å². The third-order valence-electron chi connectivity index (χ3n) is 6.04. The highest BCUT2D eigenvalue weighted by Gasteiger charge is 2.23. The Kier molecular flexibility index (Phi) is 6.10. The van der Waals surface area contributed by atoms with E-state index in [2.05, 4.69) is 25.5 Å². The van der Waals surface area contributed by atoms with Crippen molar-refractivity contribution >= 4 is 33.7 Å². The molecule has 11 heteroatoms. The lowest BCUT2D eigenvalue weighted by atomic mass is 10.1. The maximum atomic E-state index is 13.6. The van der Waals surface area contributed by atoms with Gasteiger partial charge in [-0.2, -0.15) is 5.10 Å². The van der Waals surface area contributed by atoms with Crippen molar-refractivity contribution in [2.24, 2.45) is 0 Å². The fraction of sp³-hybridized carbons (Fsp3) is 0.391. The standard InChI is InChI=1S/C23H25F2N7O2/c24-18(25)12-32-19(7-8-27-23(33)17-3-1-2-10-34-17)30-20-21(32)14-5-4-13(15-6-9-28-31-15)11-16(14)29-22(20)26/h4-6,9,11,17-18H,1-3,7-8,10,12H2,(H2,26,29)(H,27,33)(H,28,31). The van der Waals surface area contributed by atoms with E-state index in [0.29, 0.717) is 40.8 Å². The highest BCUT2D eigenvalue weighted by molar-refractivity contribution is 6.07. The monoisotopic (exact) mass is 469 g/mol. The number of hydrogen-bond acceptors (Lipinski definition) is 6. The van der Waals surface area contributed by atoms with E-state index in [4.69, 9.17) is 10.5 Å². The maximum Gasteiger partial charge on any atom is 0.256 e. The molecule has 34 heavy (non-hydrogen) atoms. The number of fused-ring (bicyclic) bond motifs is 3. The van der Waals surface area contributed by atoms with Gasteiger partial charge >= 0.3 is 0 Å². The number of anilines is 1. The molecule has 4 heterocycles. The van der Waals surface area contributed by atoms with Crippen LogP contribution < -0.4 is 11.1 Å². The van der Waals surface area contributed by atoms with Crippen LogP contribution in [0.15, 0.2) is 30.5 Å². The lowest BCUT2D eigenvalue weighted by Gasteiger charge is -2.21. The molecule has 1 fully saturated rings. The molecule has 4 N–H and O–H groups in total. The van der Waals surface area contributed by atoms with E-state index in [1.54, 1.807) is 6.20 Å². The summed E-state index contributed by atoms with van der Waals surface area (Å²) >= 11 is 0. The molecule has 1 aliphatic heterocycles. The van der Waals surface area contributed by atoms with Crippen molar-refractivity contribution in [1.29, 1.82) is 0 Å². The van der Waals surface area contributed by atoms with Gasteiger partial charge in [-0.25, -0.2) is 18.7 Å². The van der Waals surface area contributed by atoms with Gasteiger partial charge in [-0.15, -0.1) is 0 Å². The summed E-state index contributed by atoms with van der Waals surface area (Å²) in [6.07, 6.45) is 1.46. The smallest absolute Gasteiger partial charge is 0.256 e. The number of rotatable bonds is 7. The number of alkyl halides is 2. The summed E-state index contributed by atoms with van der Waals surface area (Å²) in [6.45, 7) is 0.288. The Morgan fingerprint density at radius 1 is 1.29 bits per heavy atom. The summed E-state index contributed by atoms with van der Waals surface area (Å²) in [5.41, 5.74) is 9.31. The molecule has 0 bridgehead atoms. The molecule has 1 aromatic carbocycles. The molecule has 0 spiro atoms. The summed E-state index contributed by atoms with van der Waals surface area (Å²) < 4.78 is 34.1. The predicted molar refractivity (Wildman–Crippen MR) is 123 cm³/mol. The van der Waals surface area contributed by atoms with Gasteiger partial charge in [0, 0.05) is 36.7 Å². The first kappa shape index (κ1) is 22.2. The van der Waals surface area contributed by atoms with Crippen LogP contribution in [0.25, 0.3) is 33.2 Å². The third-order valence-corrected chi connectivity index (χ3v) is 6.04. The van der Waals surface area contributed by atoms with Gasteiger partial charge in [0.15, 0.2) is 5.82 Å². The number of pyridine rings is 1.